The minimum atomic E-state index is 0.463. The second-order valence-corrected chi connectivity index (χ2v) is 6.26. The quantitative estimate of drug-likeness (QED) is 0.735. The second-order valence-electron chi connectivity index (χ2n) is 6.26. The molecule has 2 aliphatic rings. The summed E-state index contributed by atoms with van der Waals surface area (Å²) in [4.78, 5) is 2.41. The minimum Gasteiger partial charge on any atom is -0.372 e. The van der Waals surface area contributed by atoms with E-state index in [1.165, 1.54) is 32.2 Å². The summed E-state index contributed by atoms with van der Waals surface area (Å²) >= 11 is 0. The van der Waals surface area contributed by atoms with Crippen LogP contribution < -0.4 is 5.32 Å². The standard InChI is InChI=1S/C14H28N2O/c1-11(2)9-16(3)10-14-7-6-13(17-14)8-15-12-4-5-12/h11-15H,4-10H2,1-3H3. The van der Waals surface area contributed by atoms with E-state index in [-0.39, 0.29) is 0 Å². The summed E-state index contributed by atoms with van der Waals surface area (Å²) in [6, 6.07) is 0.807. The summed E-state index contributed by atoms with van der Waals surface area (Å²) < 4.78 is 6.09. The van der Waals surface area contributed by atoms with Crippen LogP contribution in [0.2, 0.25) is 0 Å². The highest BCUT2D eigenvalue weighted by atomic mass is 16.5. The molecule has 1 N–H and O–H groups in total. The van der Waals surface area contributed by atoms with Crippen molar-refractivity contribution in [2.24, 2.45) is 5.92 Å². The lowest BCUT2D eigenvalue weighted by Gasteiger charge is -2.23. The van der Waals surface area contributed by atoms with Crippen molar-refractivity contribution < 1.29 is 4.74 Å². The molecule has 1 saturated carbocycles. The van der Waals surface area contributed by atoms with Crippen molar-refractivity contribution in [3.8, 4) is 0 Å². The van der Waals surface area contributed by atoms with Crippen LogP contribution in [0.5, 0.6) is 0 Å². The monoisotopic (exact) mass is 240 g/mol. The normalized spacial score (nSPS) is 29.5. The molecule has 2 fully saturated rings. The van der Waals surface area contributed by atoms with Gasteiger partial charge >= 0.3 is 0 Å². The van der Waals surface area contributed by atoms with E-state index in [4.69, 9.17) is 4.74 Å². The van der Waals surface area contributed by atoms with Gasteiger partial charge in [0.15, 0.2) is 0 Å². The predicted molar refractivity (Wildman–Crippen MR) is 71.3 cm³/mol. The maximum Gasteiger partial charge on any atom is 0.0707 e. The van der Waals surface area contributed by atoms with E-state index in [0.717, 1.165) is 25.0 Å². The highest BCUT2D eigenvalue weighted by Crippen LogP contribution is 2.23. The van der Waals surface area contributed by atoms with Crippen molar-refractivity contribution in [2.75, 3.05) is 26.7 Å². The molecular formula is C14H28N2O. The Kier molecular flexibility index (Phi) is 4.83. The van der Waals surface area contributed by atoms with E-state index in [2.05, 4.69) is 31.1 Å². The molecule has 2 rings (SSSR count). The molecule has 2 atom stereocenters. The van der Waals surface area contributed by atoms with Crippen LogP contribution in [-0.2, 0) is 4.74 Å². The number of hydrogen-bond donors (Lipinski definition) is 1. The summed E-state index contributed by atoms with van der Waals surface area (Å²) in [5, 5.41) is 3.57. The van der Waals surface area contributed by atoms with Crippen molar-refractivity contribution in [1.29, 1.82) is 0 Å². The Balaban J connectivity index is 1.59. The van der Waals surface area contributed by atoms with Gasteiger partial charge in [0, 0.05) is 25.7 Å². The number of likely N-dealkylation sites (N-methyl/N-ethyl adjacent to an activating group) is 1. The van der Waals surface area contributed by atoms with E-state index >= 15 is 0 Å². The number of nitrogens with one attached hydrogen (secondary N) is 1. The number of rotatable bonds is 7. The fraction of sp³-hybridized carbons (Fsp3) is 1.00. The van der Waals surface area contributed by atoms with Crippen molar-refractivity contribution in [3.05, 3.63) is 0 Å². The first-order chi connectivity index (χ1) is 8.13. The summed E-state index contributed by atoms with van der Waals surface area (Å²) in [6.45, 7) is 7.88. The Morgan fingerprint density at radius 1 is 1.18 bits per heavy atom. The van der Waals surface area contributed by atoms with E-state index in [0.29, 0.717) is 12.2 Å². The molecule has 3 heteroatoms. The smallest absolute Gasteiger partial charge is 0.0707 e. The van der Waals surface area contributed by atoms with E-state index < -0.39 is 0 Å². The molecule has 0 bridgehead atoms. The predicted octanol–water partition coefficient (Wildman–Crippen LogP) is 1.87. The van der Waals surface area contributed by atoms with Gasteiger partial charge < -0.3 is 15.0 Å². The van der Waals surface area contributed by atoms with Gasteiger partial charge in [0.25, 0.3) is 0 Å². The van der Waals surface area contributed by atoms with Crippen LogP contribution in [-0.4, -0.2) is 49.8 Å². The topological polar surface area (TPSA) is 24.5 Å². The molecule has 1 aliphatic carbocycles. The minimum absolute atomic E-state index is 0.463. The van der Waals surface area contributed by atoms with E-state index in [9.17, 15) is 0 Å². The zero-order valence-corrected chi connectivity index (χ0v) is 11.6. The summed E-state index contributed by atoms with van der Waals surface area (Å²) in [5.41, 5.74) is 0. The van der Waals surface area contributed by atoms with Gasteiger partial charge in [-0.3, -0.25) is 0 Å². The van der Waals surface area contributed by atoms with Crippen molar-refractivity contribution >= 4 is 0 Å². The largest absolute Gasteiger partial charge is 0.372 e. The second kappa shape index (κ2) is 6.17. The highest BCUT2D eigenvalue weighted by Gasteiger charge is 2.28. The Bertz CT molecular complexity index is 228. The lowest BCUT2D eigenvalue weighted by atomic mass is 10.1. The van der Waals surface area contributed by atoms with Gasteiger partial charge in [0.1, 0.15) is 0 Å². The van der Waals surface area contributed by atoms with Gasteiger partial charge in [-0.2, -0.15) is 0 Å². The average molecular weight is 240 g/mol. The van der Waals surface area contributed by atoms with Crippen LogP contribution in [0.25, 0.3) is 0 Å². The summed E-state index contributed by atoms with van der Waals surface area (Å²) in [5.74, 6) is 0.744. The first-order valence-electron chi connectivity index (χ1n) is 7.21. The maximum atomic E-state index is 6.09. The van der Waals surface area contributed by atoms with Gasteiger partial charge in [-0.1, -0.05) is 13.8 Å². The molecular weight excluding hydrogens is 212 g/mol. The molecule has 2 unspecified atom stereocenters. The molecule has 1 saturated heterocycles. The Labute approximate surface area is 106 Å². The van der Waals surface area contributed by atoms with Gasteiger partial charge in [0.2, 0.25) is 0 Å². The first-order valence-corrected chi connectivity index (χ1v) is 7.21. The first kappa shape index (κ1) is 13.3. The molecule has 100 valence electrons. The summed E-state index contributed by atoms with van der Waals surface area (Å²) in [7, 11) is 2.21. The van der Waals surface area contributed by atoms with Crippen molar-refractivity contribution in [3.63, 3.8) is 0 Å². The molecule has 0 aromatic rings. The third kappa shape index (κ3) is 4.94. The van der Waals surface area contributed by atoms with Gasteiger partial charge in [-0.25, -0.2) is 0 Å². The zero-order valence-electron chi connectivity index (χ0n) is 11.6. The molecule has 0 aromatic heterocycles. The Hall–Kier alpha value is -0.120. The average Bonchev–Trinajstić information content (AvgIpc) is 2.96. The van der Waals surface area contributed by atoms with Crippen molar-refractivity contribution in [1.82, 2.24) is 10.2 Å². The molecule has 17 heavy (non-hydrogen) atoms. The Morgan fingerprint density at radius 3 is 2.53 bits per heavy atom. The van der Waals surface area contributed by atoms with Crippen LogP contribution in [0, 0.1) is 5.92 Å². The fourth-order valence-electron chi connectivity index (χ4n) is 2.70. The third-order valence-corrected chi connectivity index (χ3v) is 3.60. The van der Waals surface area contributed by atoms with Crippen LogP contribution >= 0.6 is 0 Å². The molecule has 1 heterocycles. The lowest BCUT2D eigenvalue weighted by Crippen LogP contribution is -2.33. The van der Waals surface area contributed by atoms with Gasteiger partial charge in [-0.15, -0.1) is 0 Å². The zero-order chi connectivity index (χ0) is 12.3. The molecule has 0 amide bonds. The Morgan fingerprint density at radius 2 is 1.88 bits per heavy atom. The van der Waals surface area contributed by atoms with Crippen molar-refractivity contribution in [2.45, 2.75) is 57.8 Å². The molecule has 0 spiro atoms. The van der Waals surface area contributed by atoms with Crippen LogP contribution in [0.3, 0.4) is 0 Å². The fourth-order valence-corrected chi connectivity index (χ4v) is 2.70. The van der Waals surface area contributed by atoms with Crippen LogP contribution in [0.1, 0.15) is 39.5 Å². The van der Waals surface area contributed by atoms with Gasteiger partial charge in [-0.05, 0) is 38.6 Å². The van der Waals surface area contributed by atoms with E-state index in [1.54, 1.807) is 0 Å². The lowest BCUT2D eigenvalue weighted by molar-refractivity contribution is 0.0262. The highest BCUT2D eigenvalue weighted by molar-refractivity contribution is 4.84. The third-order valence-electron chi connectivity index (χ3n) is 3.60. The molecule has 1 aliphatic heterocycles. The SMILES string of the molecule is CC(C)CN(C)CC1CCC(CNC2CC2)O1. The van der Waals surface area contributed by atoms with E-state index in [1.807, 2.05) is 0 Å². The number of hydrogen-bond acceptors (Lipinski definition) is 3. The van der Waals surface area contributed by atoms with Crippen LogP contribution in [0.4, 0.5) is 0 Å². The molecule has 0 aromatic carbocycles. The molecule has 3 nitrogen and oxygen atoms in total. The van der Waals surface area contributed by atoms with Crippen LogP contribution in [0.15, 0.2) is 0 Å². The number of nitrogens with zero attached hydrogens (tertiary/aromatic N) is 1. The summed E-state index contributed by atoms with van der Waals surface area (Å²) in [6.07, 6.45) is 6.14. The van der Waals surface area contributed by atoms with Gasteiger partial charge in [0.05, 0.1) is 12.2 Å². The number of ether oxygens (including phenoxy) is 1. The maximum absolute atomic E-state index is 6.09. The molecule has 0 radical (unpaired) electrons.